The van der Waals surface area contributed by atoms with Crippen LogP contribution in [0.4, 0.5) is 22.0 Å². The fourth-order valence-corrected chi connectivity index (χ4v) is 4.34. The number of nitrogens with one attached hydrogen (secondary N) is 1. The number of para-hydroxylation sites is 1. The van der Waals surface area contributed by atoms with Gasteiger partial charge in [0.05, 0.1) is 17.8 Å². The number of aliphatic hydroxyl groups excluding tert-OH is 1. The summed E-state index contributed by atoms with van der Waals surface area (Å²) in [5.41, 5.74) is 0.123. The van der Waals surface area contributed by atoms with Crippen LogP contribution in [-0.4, -0.2) is 52.4 Å². The van der Waals surface area contributed by atoms with E-state index in [1.165, 1.54) is 47.4 Å². The number of aliphatic hydroxyl groups is 1. The molecule has 228 valence electrons. The van der Waals surface area contributed by atoms with Crippen LogP contribution in [0.3, 0.4) is 0 Å². The number of hydrogen-bond acceptors (Lipinski definition) is 6. The van der Waals surface area contributed by atoms with Gasteiger partial charge in [-0.15, -0.1) is 10.2 Å². The Morgan fingerprint density at radius 3 is 2.43 bits per heavy atom. The van der Waals surface area contributed by atoms with Gasteiger partial charge in [0, 0.05) is 17.1 Å². The normalized spacial score (nSPS) is 12.3. The van der Waals surface area contributed by atoms with Crippen molar-refractivity contribution in [1.29, 1.82) is 0 Å². The molecule has 1 amide bonds. The van der Waals surface area contributed by atoms with Crippen LogP contribution in [0.25, 0.3) is 17.1 Å². The van der Waals surface area contributed by atoms with Gasteiger partial charge in [0.15, 0.2) is 29.4 Å². The molecule has 0 fully saturated rings. The van der Waals surface area contributed by atoms with Gasteiger partial charge in [0.2, 0.25) is 0 Å². The topological polar surface area (TPSA) is 120 Å². The molecule has 0 radical (unpaired) electrons. The number of alkyl halides is 3. The first-order valence-corrected chi connectivity index (χ1v) is 13.2. The van der Waals surface area contributed by atoms with Gasteiger partial charge in [-0.05, 0) is 54.1 Å². The zero-order chi connectivity index (χ0) is 31.6. The van der Waals surface area contributed by atoms with Gasteiger partial charge in [0.1, 0.15) is 12.9 Å². The summed E-state index contributed by atoms with van der Waals surface area (Å²) in [5.74, 6) is -2.71. The van der Waals surface area contributed by atoms with Crippen molar-refractivity contribution in [2.45, 2.75) is 31.9 Å². The molecule has 1 unspecified atom stereocenters. The number of hydrogen-bond donors (Lipinski definition) is 2. The Labute approximate surface area is 250 Å². The molecule has 0 saturated carbocycles. The maximum absolute atomic E-state index is 13.5. The van der Waals surface area contributed by atoms with Crippen molar-refractivity contribution < 1.29 is 31.9 Å². The molecule has 2 aromatic heterocycles. The summed E-state index contributed by atoms with van der Waals surface area (Å²) in [6, 6.07) is 15.4. The van der Waals surface area contributed by atoms with Crippen molar-refractivity contribution in [2.75, 3.05) is 0 Å². The molecule has 0 aliphatic heterocycles. The highest BCUT2D eigenvalue weighted by atomic mass is 35.5. The number of benzene rings is 3. The minimum absolute atomic E-state index is 0.0350. The summed E-state index contributed by atoms with van der Waals surface area (Å²) in [6.07, 6.45) is -6.54. The molecule has 10 nitrogen and oxygen atoms in total. The molecule has 0 bridgehead atoms. The number of rotatable bonds is 9. The molecule has 2 heterocycles. The quantitative estimate of drug-likeness (QED) is 0.236. The Kier molecular flexibility index (Phi) is 8.60. The van der Waals surface area contributed by atoms with Crippen LogP contribution in [0.15, 0.2) is 77.9 Å². The predicted octanol–water partition coefficient (Wildman–Crippen LogP) is 4.13. The molecular formula is C28H21ClF5N7O3. The van der Waals surface area contributed by atoms with Crippen LogP contribution in [0.5, 0.6) is 0 Å². The van der Waals surface area contributed by atoms with Crippen LogP contribution in [0, 0.1) is 11.6 Å². The largest absolute Gasteiger partial charge is 0.416 e. The highest BCUT2D eigenvalue weighted by Gasteiger charge is 2.39. The van der Waals surface area contributed by atoms with Crippen molar-refractivity contribution in [3.63, 3.8) is 0 Å². The Balaban J connectivity index is 1.40. The standard InChI is InChI=1S/C28H21ClF5N7O3/c29-18-8-6-17(7-9-18)25-38-40(27(44)39(25)13-23(42)28(32,33)34)14-24-36-15-41(37-24)22-4-2-1-3-19(22)26(43)35-12-16-5-10-20(30)21(31)11-16/h1-11,15,23,42H,12-14H2,(H,35,43). The monoisotopic (exact) mass is 633 g/mol. The summed E-state index contributed by atoms with van der Waals surface area (Å²) in [4.78, 5) is 30.3. The van der Waals surface area contributed by atoms with Gasteiger partial charge in [0.25, 0.3) is 5.91 Å². The van der Waals surface area contributed by atoms with Gasteiger partial charge in [-0.25, -0.2) is 27.9 Å². The van der Waals surface area contributed by atoms with Crippen LogP contribution in [0.2, 0.25) is 5.02 Å². The van der Waals surface area contributed by atoms with E-state index in [9.17, 15) is 36.6 Å². The molecule has 0 saturated heterocycles. The Hall–Kier alpha value is -4.89. The third kappa shape index (κ3) is 6.68. The first-order chi connectivity index (χ1) is 20.9. The second kappa shape index (κ2) is 12.4. The SMILES string of the molecule is O=C(NCc1ccc(F)c(F)c1)c1ccccc1-n1cnc(Cn2nc(-c3ccc(Cl)cc3)n(CC(O)C(F)(F)F)c2=O)n1. The van der Waals surface area contributed by atoms with Gasteiger partial charge in [-0.1, -0.05) is 29.8 Å². The summed E-state index contributed by atoms with van der Waals surface area (Å²) < 4.78 is 69.0. The van der Waals surface area contributed by atoms with Crippen LogP contribution >= 0.6 is 11.6 Å². The third-order valence-electron chi connectivity index (χ3n) is 6.42. The predicted molar refractivity (Wildman–Crippen MR) is 147 cm³/mol. The van der Waals surface area contributed by atoms with E-state index in [2.05, 4.69) is 20.5 Å². The second-order valence-electron chi connectivity index (χ2n) is 9.49. The maximum atomic E-state index is 13.5. The van der Waals surface area contributed by atoms with E-state index in [0.29, 0.717) is 20.8 Å². The van der Waals surface area contributed by atoms with Crippen LogP contribution in [-0.2, 0) is 19.6 Å². The Morgan fingerprint density at radius 2 is 1.73 bits per heavy atom. The lowest BCUT2D eigenvalue weighted by Crippen LogP contribution is -2.37. The number of halogens is 6. The second-order valence-corrected chi connectivity index (χ2v) is 9.93. The molecule has 44 heavy (non-hydrogen) atoms. The number of carbonyl (C=O) groups is 1. The van der Waals surface area contributed by atoms with Crippen LogP contribution < -0.4 is 11.0 Å². The highest BCUT2D eigenvalue weighted by Crippen LogP contribution is 2.24. The molecule has 5 aromatic rings. The molecule has 0 spiro atoms. The van der Waals surface area contributed by atoms with Crippen molar-refractivity contribution >= 4 is 17.5 Å². The van der Waals surface area contributed by atoms with E-state index in [1.54, 1.807) is 18.2 Å². The van der Waals surface area contributed by atoms with E-state index in [0.717, 1.165) is 16.8 Å². The zero-order valence-corrected chi connectivity index (χ0v) is 23.1. The summed E-state index contributed by atoms with van der Waals surface area (Å²) in [7, 11) is 0. The maximum Gasteiger partial charge on any atom is 0.416 e. The third-order valence-corrected chi connectivity index (χ3v) is 6.67. The van der Waals surface area contributed by atoms with Crippen molar-refractivity contribution in [2.24, 2.45) is 0 Å². The molecule has 0 aliphatic carbocycles. The van der Waals surface area contributed by atoms with Gasteiger partial charge in [-0.2, -0.15) is 13.2 Å². The van der Waals surface area contributed by atoms with Gasteiger partial charge >= 0.3 is 11.9 Å². The summed E-state index contributed by atoms with van der Waals surface area (Å²) in [5, 5.41) is 21.1. The van der Waals surface area contributed by atoms with Gasteiger partial charge < -0.3 is 10.4 Å². The van der Waals surface area contributed by atoms with Crippen molar-refractivity contribution in [3.05, 3.63) is 117 Å². The Morgan fingerprint density at radius 1 is 1.00 bits per heavy atom. The summed E-state index contributed by atoms with van der Waals surface area (Å²) in [6.45, 7) is -1.54. The average Bonchev–Trinajstić information content (AvgIpc) is 3.58. The summed E-state index contributed by atoms with van der Waals surface area (Å²) >= 11 is 5.91. The first kappa shape index (κ1) is 30.6. The Bertz CT molecular complexity index is 1870. The number of carbonyl (C=O) groups excluding carboxylic acids is 1. The molecule has 16 heteroatoms. The van der Waals surface area contributed by atoms with Gasteiger partial charge in [-0.3, -0.25) is 9.36 Å². The van der Waals surface area contributed by atoms with Crippen molar-refractivity contribution in [1.82, 2.24) is 34.4 Å². The van der Waals surface area contributed by atoms with E-state index in [-0.39, 0.29) is 35.9 Å². The number of nitrogens with zero attached hydrogens (tertiary/aromatic N) is 6. The van der Waals surface area contributed by atoms with E-state index in [4.69, 9.17) is 11.6 Å². The lowest BCUT2D eigenvalue weighted by atomic mass is 10.1. The minimum atomic E-state index is -4.98. The lowest BCUT2D eigenvalue weighted by molar-refractivity contribution is -0.207. The molecule has 1 atom stereocenters. The van der Waals surface area contributed by atoms with E-state index >= 15 is 0 Å². The smallest absolute Gasteiger partial charge is 0.382 e. The van der Waals surface area contributed by atoms with Crippen molar-refractivity contribution in [3.8, 4) is 17.1 Å². The number of amides is 1. The zero-order valence-electron chi connectivity index (χ0n) is 22.3. The highest BCUT2D eigenvalue weighted by molar-refractivity contribution is 6.30. The first-order valence-electron chi connectivity index (χ1n) is 12.8. The minimum Gasteiger partial charge on any atom is -0.382 e. The van der Waals surface area contributed by atoms with Crippen LogP contribution in [0.1, 0.15) is 21.7 Å². The lowest BCUT2D eigenvalue weighted by Gasteiger charge is -2.15. The molecule has 2 N–H and O–H groups in total. The number of aromatic nitrogens is 6. The fraction of sp³-hybridized carbons (Fsp3) is 0.179. The van der Waals surface area contributed by atoms with E-state index < -0.39 is 42.1 Å². The molecule has 3 aromatic carbocycles. The fourth-order valence-electron chi connectivity index (χ4n) is 4.21. The molecule has 0 aliphatic rings. The van der Waals surface area contributed by atoms with E-state index in [1.807, 2.05) is 0 Å². The average molecular weight is 634 g/mol. The molecule has 5 rings (SSSR count). The molecular weight excluding hydrogens is 613 g/mol.